The molecule has 0 aliphatic carbocycles. The average Bonchev–Trinajstić information content (AvgIpc) is 1.86. The highest BCUT2D eigenvalue weighted by Gasteiger charge is 2.39. The van der Waals surface area contributed by atoms with E-state index in [9.17, 15) is 9.32 Å². The third-order valence-electron chi connectivity index (χ3n) is 1.18. The summed E-state index contributed by atoms with van der Waals surface area (Å²) in [4.78, 5) is 12.8. The number of carbonyl (C=O) groups is 1. The van der Waals surface area contributed by atoms with Gasteiger partial charge >= 0.3 is 5.97 Å². The number of rotatable bonds is 2. The van der Waals surface area contributed by atoms with E-state index in [1.807, 2.05) is 0 Å². The van der Waals surface area contributed by atoms with Gasteiger partial charge in [-0.25, -0.2) is 9.74 Å². The molecule has 0 aromatic heterocycles. The molecule has 0 unspecified atom stereocenters. The molecule has 0 rings (SSSR count). The third-order valence-corrected chi connectivity index (χ3v) is 1.18. The molecule has 0 saturated heterocycles. The van der Waals surface area contributed by atoms with E-state index >= 15 is 0 Å². The van der Waals surface area contributed by atoms with E-state index in [1.165, 1.54) is 13.8 Å². The van der Waals surface area contributed by atoms with E-state index in [4.69, 9.17) is 10.2 Å². The normalized spacial score (nSPS) is 11.8. The molecular weight excluding hydrogens is 143 g/mol. The highest BCUT2D eigenvalue weighted by Crippen LogP contribution is 2.14. The van der Waals surface area contributed by atoms with E-state index in [2.05, 4.69) is 4.94 Å². The van der Waals surface area contributed by atoms with Crippen LogP contribution in [-0.4, -0.2) is 22.0 Å². The molecule has 0 fully saturated rings. The van der Waals surface area contributed by atoms with Gasteiger partial charge in [0.1, 0.15) is 0 Å². The second-order valence-corrected chi connectivity index (χ2v) is 2.25. The van der Waals surface area contributed by atoms with Crippen LogP contribution in [0.25, 0.3) is 0 Å². The van der Waals surface area contributed by atoms with Crippen molar-refractivity contribution >= 4 is 5.97 Å². The standard InChI is InChI=1S/C5H9FO4/c1-3(2)5(8,9)4(7)10-6/h3,8-9H,1-2H3. The topological polar surface area (TPSA) is 66.8 Å². The maximum Gasteiger partial charge on any atom is 0.407 e. The van der Waals surface area contributed by atoms with Gasteiger partial charge in [-0.1, -0.05) is 13.8 Å². The molecule has 0 spiro atoms. The lowest BCUT2D eigenvalue weighted by molar-refractivity contribution is -0.252. The van der Waals surface area contributed by atoms with Crippen molar-refractivity contribution in [3.8, 4) is 0 Å². The summed E-state index contributed by atoms with van der Waals surface area (Å²) >= 11 is 0. The van der Waals surface area contributed by atoms with Crippen LogP contribution in [0.5, 0.6) is 0 Å². The van der Waals surface area contributed by atoms with Gasteiger partial charge < -0.3 is 10.2 Å². The predicted molar refractivity (Wildman–Crippen MR) is 29.2 cm³/mol. The Morgan fingerprint density at radius 3 is 2.10 bits per heavy atom. The molecule has 60 valence electrons. The Morgan fingerprint density at radius 2 is 2.00 bits per heavy atom. The first kappa shape index (κ1) is 9.32. The first-order valence-electron chi connectivity index (χ1n) is 2.70. The van der Waals surface area contributed by atoms with Crippen LogP contribution < -0.4 is 0 Å². The molecule has 10 heavy (non-hydrogen) atoms. The molecular formula is C5H9FO4. The highest BCUT2D eigenvalue weighted by atomic mass is 19.3. The fourth-order valence-electron chi connectivity index (χ4n) is 0.292. The highest BCUT2D eigenvalue weighted by molar-refractivity contribution is 5.76. The van der Waals surface area contributed by atoms with Gasteiger partial charge in [0.25, 0.3) is 5.79 Å². The van der Waals surface area contributed by atoms with Crippen molar-refractivity contribution in [3.63, 3.8) is 0 Å². The zero-order valence-corrected chi connectivity index (χ0v) is 5.67. The summed E-state index contributed by atoms with van der Waals surface area (Å²) < 4.78 is 11.1. The molecule has 4 nitrogen and oxygen atoms in total. The number of halogens is 1. The van der Waals surface area contributed by atoms with Crippen molar-refractivity contribution in [2.24, 2.45) is 5.92 Å². The summed E-state index contributed by atoms with van der Waals surface area (Å²) in [5.41, 5.74) is 0. The summed E-state index contributed by atoms with van der Waals surface area (Å²) in [6.45, 7) is 2.69. The number of carbonyl (C=O) groups excluding carboxylic acids is 1. The summed E-state index contributed by atoms with van der Waals surface area (Å²) in [6.07, 6.45) is 0. The van der Waals surface area contributed by atoms with Gasteiger partial charge in [0.2, 0.25) is 0 Å². The summed E-state index contributed by atoms with van der Waals surface area (Å²) in [6, 6.07) is 0. The van der Waals surface area contributed by atoms with Gasteiger partial charge in [-0.15, -0.1) is 0 Å². The van der Waals surface area contributed by atoms with Crippen molar-refractivity contribution in [2.45, 2.75) is 19.6 Å². The van der Waals surface area contributed by atoms with E-state index in [0.717, 1.165) is 0 Å². The largest absolute Gasteiger partial charge is 0.407 e. The molecule has 0 amide bonds. The lowest BCUT2D eigenvalue weighted by Crippen LogP contribution is -2.43. The van der Waals surface area contributed by atoms with Crippen LogP contribution in [0, 0.1) is 5.92 Å². The van der Waals surface area contributed by atoms with E-state index in [1.54, 1.807) is 0 Å². The maximum atomic E-state index is 11.1. The lowest BCUT2D eigenvalue weighted by Gasteiger charge is -2.19. The van der Waals surface area contributed by atoms with E-state index in [-0.39, 0.29) is 0 Å². The first-order valence-corrected chi connectivity index (χ1v) is 2.70. The number of hydrogen-bond donors (Lipinski definition) is 2. The molecule has 0 atom stereocenters. The SMILES string of the molecule is CC(C)C(O)(O)C(=O)OF. The Hall–Kier alpha value is -0.680. The molecule has 0 aromatic rings. The molecule has 0 bridgehead atoms. The molecule has 0 aliphatic heterocycles. The van der Waals surface area contributed by atoms with Crippen LogP contribution in [0.4, 0.5) is 4.53 Å². The predicted octanol–water partition coefficient (Wildman–Crippen LogP) is -0.249. The van der Waals surface area contributed by atoms with Crippen LogP contribution in [0.15, 0.2) is 0 Å². The zero-order chi connectivity index (χ0) is 8.36. The molecule has 0 aliphatic rings. The summed E-state index contributed by atoms with van der Waals surface area (Å²) in [7, 11) is 0. The average molecular weight is 152 g/mol. The Bertz CT molecular complexity index is 132. The molecule has 2 N–H and O–H groups in total. The zero-order valence-electron chi connectivity index (χ0n) is 5.67. The number of aliphatic hydroxyl groups is 2. The summed E-state index contributed by atoms with van der Waals surface area (Å²) in [5.74, 6) is -5.23. The third kappa shape index (κ3) is 1.65. The molecule has 5 heteroatoms. The summed E-state index contributed by atoms with van der Waals surface area (Å²) in [5, 5.41) is 17.4. The Kier molecular flexibility index (Phi) is 2.74. The van der Waals surface area contributed by atoms with Gasteiger partial charge in [0.05, 0.1) is 0 Å². The van der Waals surface area contributed by atoms with Crippen molar-refractivity contribution in [2.75, 3.05) is 0 Å². The minimum Gasteiger partial charge on any atom is -0.357 e. The van der Waals surface area contributed by atoms with Crippen LogP contribution in [0.1, 0.15) is 13.8 Å². The van der Waals surface area contributed by atoms with Crippen molar-refractivity contribution < 1.29 is 24.5 Å². The second-order valence-electron chi connectivity index (χ2n) is 2.25. The van der Waals surface area contributed by atoms with Crippen molar-refractivity contribution in [1.29, 1.82) is 0 Å². The van der Waals surface area contributed by atoms with Crippen LogP contribution in [-0.2, 0) is 9.74 Å². The minimum absolute atomic E-state index is 0.809. The Balaban J connectivity index is 4.24. The maximum absolute atomic E-state index is 11.1. The molecule has 0 heterocycles. The molecule has 0 radical (unpaired) electrons. The van der Waals surface area contributed by atoms with E-state index < -0.39 is 17.7 Å². The monoisotopic (exact) mass is 152 g/mol. The first-order chi connectivity index (χ1) is 4.42. The minimum atomic E-state index is -2.73. The van der Waals surface area contributed by atoms with Gasteiger partial charge in [-0.05, 0) is 0 Å². The lowest BCUT2D eigenvalue weighted by atomic mass is 10.0. The van der Waals surface area contributed by atoms with E-state index in [0.29, 0.717) is 0 Å². The Labute approximate surface area is 57.1 Å². The second kappa shape index (κ2) is 2.94. The fourth-order valence-corrected chi connectivity index (χ4v) is 0.292. The smallest absolute Gasteiger partial charge is 0.357 e. The Morgan fingerprint density at radius 1 is 1.60 bits per heavy atom. The van der Waals surface area contributed by atoms with Crippen molar-refractivity contribution in [1.82, 2.24) is 0 Å². The molecule has 0 aromatic carbocycles. The molecule has 0 saturated carbocycles. The van der Waals surface area contributed by atoms with Crippen LogP contribution >= 0.6 is 0 Å². The van der Waals surface area contributed by atoms with Gasteiger partial charge in [0, 0.05) is 10.4 Å². The fraction of sp³-hybridized carbons (Fsp3) is 0.800. The van der Waals surface area contributed by atoms with Crippen molar-refractivity contribution in [3.05, 3.63) is 0 Å². The quantitative estimate of drug-likeness (QED) is 0.535. The number of hydrogen-bond acceptors (Lipinski definition) is 4. The van der Waals surface area contributed by atoms with Gasteiger partial charge in [-0.3, -0.25) is 0 Å². The van der Waals surface area contributed by atoms with Gasteiger partial charge in [0.15, 0.2) is 0 Å². The van der Waals surface area contributed by atoms with Crippen LogP contribution in [0.2, 0.25) is 0 Å². The van der Waals surface area contributed by atoms with Crippen LogP contribution in [0.3, 0.4) is 0 Å². The van der Waals surface area contributed by atoms with Gasteiger partial charge in [-0.2, -0.15) is 0 Å².